The van der Waals surface area contributed by atoms with E-state index in [1.807, 2.05) is 0 Å². The molecule has 0 saturated carbocycles. The third kappa shape index (κ3) is 32.2. The molecular weight excluding hydrogens is 731 g/mol. The van der Waals surface area contributed by atoms with Gasteiger partial charge in [0.15, 0.2) is 0 Å². The quantitative estimate of drug-likeness (QED) is 0.0607. The van der Waals surface area contributed by atoms with Gasteiger partial charge in [0, 0.05) is 41.4 Å². The summed E-state index contributed by atoms with van der Waals surface area (Å²) in [7, 11) is 0. The number of ether oxygens (including phenoxy) is 1. The molecule has 58 heavy (non-hydrogen) atoms. The number of carbonyl (C=O) groups is 1. The van der Waals surface area contributed by atoms with Crippen molar-refractivity contribution in [3.63, 3.8) is 0 Å². The van der Waals surface area contributed by atoms with Crippen LogP contribution in [-0.2, 0) is 9.53 Å². The number of aliphatic hydroxyl groups is 6. The molecule has 0 bridgehead atoms. The van der Waals surface area contributed by atoms with Crippen molar-refractivity contribution in [1.29, 1.82) is 0 Å². The maximum atomic E-state index is 12.5. The number of hydrogen-bond acceptors (Lipinski definition) is 8. The first kappa shape index (κ1) is 51.9. The third-order valence-corrected chi connectivity index (χ3v) is 7.65. The molecule has 0 aliphatic carbocycles. The van der Waals surface area contributed by atoms with Crippen LogP contribution in [0.15, 0.2) is 0 Å². The first-order valence-corrected chi connectivity index (χ1v) is 19.1. The van der Waals surface area contributed by atoms with Gasteiger partial charge in [-0.05, 0) is 108 Å². The fraction of sp³-hybridized carbons (Fsp3) is 0.490. The highest BCUT2D eigenvalue weighted by Crippen LogP contribution is 2.15. The lowest BCUT2D eigenvalue weighted by Crippen LogP contribution is -2.51. The molecule has 2 unspecified atom stereocenters. The van der Waals surface area contributed by atoms with Crippen LogP contribution in [0.3, 0.4) is 0 Å². The zero-order valence-corrected chi connectivity index (χ0v) is 33.3. The summed E-state index contributed by atoms with van der Waals surface area (Å²) in [5, 5.41) is 62.5. The topological polar surface area (TPSA) is 160 Å². The second kappa shape index (κ2) is 39.2. The third-order valence-electron chi connectivity index (χ3n) is 7.65. The van der Waals surface area contributed by atoms with E-state index in [-0.39, 0.29) is 6.61 Å². The summed E-state index contributed by atoms with van der Waals surface area (Å²) in [4.78, 5) is 12.5. The van der Waals surface area contributed by atoms with Gasteiger partial charge in [0.1, 0.15) is 24.4 Å². The van der Waals surface area contributed by atoms with Crippen LogP contribution in [-0.4, -0.2) is 92.9 Å². The van der Waals surface area contributed by atoms with E-state index in [9.17, 15) is 30.3 Å². The molecule has 0 saturated heterocycles. The average Bonchev–Trinajstić information content (AvgIpc) is 3.22. The van der Waals surface area contributed by atoms with Crippen LogP contribution in [0.25, 0.3) is 0 Å². The molecule has 0 rings (SSSR count). The fourth-order valence-electron chi connectivity index (χ4n) is 4.62. The highest BCUT2D eigenvalue weighted by atomic mass is 16.5. The molecule has 0 aromatic heterocycles. The van der Waals surface area contributed by atoms with Crippen LogP contribution in [0.4, 0.5) is 0 Å². The highest BCUT2D eigenvalue weighted by molar-refractivity contribution is 5.94. The largest absolute Gasteiger partial charge is 0.394 e. The van der Waals surface area contributed by atoms with Crippen molar-refractivity contribution in [1.82, 2.24) is 5.32 Å². The van der Waals surface area contributed by atoms with Crippen molar-refractivity contribution in [2.75, 3.05) is 19.8 Å². The zero-order valence-electron chi connectivity index (χ0n) is 33.3. The monoisotopic (exact) mass is 781 g/mol. The summed E-state index contributed by atoms with van der Waals surface area (Å²) >= 11 is 0. The highest BCUT2D eigenvalue weighted by Gasteiger charge is 2.29. The Morgan fingerprint density at radius 3 is 1.26 bits per heavy atom. The van der Waals surface area contributed by atoms with Crippen molar-refractivity contribution in [3.05, 3.63) is 0 Å². The number of aliphatic hydroxyl groups excluding tert-OH is 6. The van der Waals surface area contributed by atoms with E-state index >= 15 is 0 Å². The van der Waals surface area contributed by atoms with Crippen LogP contribution in [0.1, 0.15) is 97.3 Å². The van der Waals surface area contributed by atoms with Gasteiger partial charge < -0.3 is 40.7 Å². The van der Waals surface area contributed by atoms with Gasteiger partial charge in [-0.25, -0.2) is 0 Å². The Kier molecular flexibility index (Phi) is 35.0. The molecule has 0 spiro atoms. The second-order valence-corrected chi connectivity index (χ2v) is 12.3. The van der Waals surface area contributed by atoms with Crippen molar-refractivity contribution in [2.45, 2.75) is 134 Å². The van der Waals surface area contributed by atoms with Crippen molar-refractivity contribution < 1.29 is 40.2 Å². The van der Waals surface area contributed by atoms with E-state index in [2.05, 4.69) is 154 Å². The standard InChI is InChI=1S/C49H51NO8/c1-3-5-7-9-11-13-15-17-18-19-20-21-22-23-24-25-26-27-29-31-33-35-37-39-47(55)50-43(41-58-42-46(54)49(57)45(53)40-51)48(56)44(52)38-36-34-32-30-28-16-14-12-10-8-6-4-2/h43-46,48-49,51-54,56-57H,4,6,8,10,12,14,16,28,30,32,34,36,38,40-42H2,1-2H3,(H,50,55)/t43-,44?,45-,46?,48-,49-/m0/s1. The number of rotatable bonds is 23. The maximum absolute atomic E-state index is 12.5. The molecule has 0 aliphatic heterocycles. The van der Waals surface area contributed by atoms with E-state index in [0.717, 1.165) is 19.3 Å². The van der Waals surface area contributed by atoms with Gasteiger partial charge in [0.25, 0.3) is 5.91 Å². The Labute approximate surface area is 346 Å². The fourth-order valence-corrected chi connectivity index (χ4v) is 4.62. The Morgan fingerprint density at radius 2 is 0.862 bits per heavy atom. The minimum atomic E-state index is -1.69. The molecule has 0 heterocycles. The van der Waals surface area contributed by atoms with Crippen LogP contribution in [0.2, 0.25) is 0 Å². The maximum Gasteiger partial charge on any atom is 0.297 e. The normalized spacial score (nSPS) is 11.7. The molecule has 0 aliphatic rings. The van der Waals surface area contributed by atoms with Gasteiger partial charge in [-0.3, -0.25) is 4.79 Å². The van der Waals surface area contributed by atoms with Crippen LogP contribution in [0.5, 0.6) is 0 Å². The number of hydrogen-bond donors (Lipinski definition) is 7. The van der Waals surface area contributed by atoms with Gasteiger partial charge in [0.05, 0.1) is 32.0 Å². The summed E-state index contributed by atoms with van der Waals surface area (Å²) in [6.45, 7) is 2.26. The SMILES string of the molecule is CC#CC#CC#CC#CC#CC#CC#CC#CC#CC#CC#CC#CC(=O)N[C@@H](COCC(O)[C@@H](O)[C@@H](O)CO)[C@H](O)C(O)CCCCCCCCCCCCCC. The first-order valence-electron chi connectivity index (χ1n) is 19.1. The molecule has 9 heteroatoms. The number of carbonyl (C=O) groups excluding carboxylic acids is 1. The van der Waals surface area contributed by atoms with Gasteiger partial charge in [-0.1, -0.05) is 89.9 Å². The predicted octanol–water partition coefficient (Wildman–Crippen LogP) is 1.44. The predicted molar refractivity (Wildman–Crippen MR) is 225 cm³/mol. The van der Waals surface area contributed by atoms with E-state index in [1.54, 1.807) is 6.92 Å². The zero-order chi connectivity index (χ0) is 42.7. The number of nitrogens with one attached hydrogen (secondary N) is 1. The summed E-state index contributed by atoms with van der Waals surface area (Å²) < 4.78 is 5.38. The molecule has 6 atom stereocenters. The van der Waals surface area contributed by atoms with Gasteiger partial charge in [-0.2, -0.15) is 0 Å². The molecule has 7 N–H and O–H groups in total. The second-order valence-electron chi connectivity index (χ2n) is 12.3. The Morgan fingerprint density at radius 1 is 0.483 bits per heavy atom. The minimum Gasteiger partial charge on any atom is -0.394 e. The van der Waals surface area contributed by atoms with Crippen molar-refractivity contribution in [2.24, 2.45) is 0 Å². The van der Waals surface area contributed by atoms with Crippen molar-refractivity contribution in [3.8, 4) is 142 Å². The lowest BCUT2D eigenvalue weighted by atomic mass is 9.99. The van der Waals surface area contributed by atoms with E-state index in [1.165, 1.54) is 51.4 Å². The molecule has 0 aromatic carbocycles. The molecule has 0 aromatic rings. The van der Waals surface area contributed by atoms with Gasteiger partial charge >= 0.3 is 0 Å². The van der Waals surface area contributed by atoms with Gasteiger partial charge in [0.2, 0.25) is 0 Å². The summed E-state index contributed by atoms with van der Waals surface area (Å²) in [5.74, 6) is 58.4. The summed E-state index contributed by atoms with van der Waals surface area (Å²) in [5.41, 5.74) is 0. The summed E-state index contributed by atoms with van der Waals surface area (Å²) in [6.07, 6.45) is 6.65. The van der Waals surface area contributed by atoms with E-state index in [0.29, 0.717) is 12.8 Å². The lowest BCUT2D eigenvalue weighted by molar-refractivity contribution is -0.121. The number of unbranched alkanes of at least 4 members (excludes halogenated alkanes) is 11. The molecule has 1 amide bonds. The minimum absolute atomic E-state index is 0.290. The van der Waals surface area contributed by atoms with Crippen LogP contribution in [0, 0.1) is 142 Å². The average molecular weight is 782 g/mol. The van der Waals surface area contributed by atoms with E-state index < -0.39 is 55.7 Å². The molecular formula is C49H51NO8. The molecule has 300 valence electrons. The summed E-state index contributed by atoms with van der Waals surface area (Å²) in [6, 6.07) is -1.14. The first-order chi connectivity index (χ1) is 28.3. The molecule has 0 radical (unpaired) electrons. The van der Waals surface area contributed by atoms with E-state index in [4.69, 9.17) is 9.84 Å². The lowest BCUT2D eigenvalue weighted by Gasteiger charge is -2.28. The Balaban J connectivity index is 5.06. The van der Waals surface area contributed by atoms with Gasteiger partial charge in [-0.15, -0.1) is 0 Å². The molecule has 9 nitrogen and oxygen atoms in total. The number of amides is 1. The molecule has 0 fully saturated rings. The Bertz CT molecular complexity index is 2030. The van der Waals surface area contributed by atoms with Crippen LogP contribution >= 0.6 is 0 Å². The van der Waals surface area contributed by atoms with Crippen molar-refractivity contribution >= 4 is 5.91 Å². The van der Waals surface area contributed by atoms with Crippen LogP contribution < -0.4 is 5.32 Å². The smallest absolute Gasteiger partial charge is 0.297 e. The Hall–Kier alpha value is -6.09.